The van der Waals surface area contributed by atoms with Crippen LogP contribution in [0.5, 0.6) is 0 Å². The molecule has 1 heterocycles. The van der Waals surface area contributed by atoms with Crippen LogP contribution in [0.25, 0.3) is 0 Å². The van der Waals surface area contributed by atoms with Gasteiger partial charge in [-0.15, -0.1) is 0 Å². The van der Waals surface area contributed by atoms with Gasteiger partial charge >= 0.3 is 0 Å². The van der Waals surface area contributed by atoms with Gasteiger partial charge in [-0.1, -0.05) is 0 Å². The highest BCUT2D eigenvalue weighted by molar-refractivity contribution is 7.92. The molecule has 0 aromatic rings. The Morgan fingerprint density at radius 2 is 1.91 bits per heavy atom. The summed E-state index contributed by atoms with van der Waals surface area (Å²) in [6.07, 6.45) is 5.05. The van der Waals surface area contributed by atoms with Gasteiger partial charge in [-0.05, 0) is 31.8 Å². The van der Waals surface area contributed by atoms with E-state index in [0.29, 0.717) is 5.92 Å². The average Bonchev–Trinajstić information content (AvgIpc) is 1.85. The maximum atomic E-state index is 10.8. The van der Waals surface area contributed by atoms with E-state index in [1.54, 1.807) is 0 Å². The summed E-state index contributed by atoms with van der Waals surface area (Å²) in [7, 11) is -3.00. The Bertz CT molecular complexity index is 204. The number of hydrogen-bond acceptors (Lipinski definition) is 3. The molecule has 0 spiro atoms. The quantitative estimate of drug-likeness (QED) is 0.653. The van der Waals surface area contributed by atoms with E-state index >= 15 is 0 Å². The number of piperidine rings is 1. The Labute approximate surface area is 68.1 Å². The summed E-state index contributed by atoms with van der Waals surface area (Å²) < 4.78 is 21.5. The van der Waals surface area contributed by atoms with Crippen molar-refractivity contribution in [2.75, 3.05) is 18.8 Å². The second kappa shape index (κ2) is 3.54. The number of nitrogens with one attached hydrogen (secondary N) is 1. The molecule has 0 saturated carbocycles. The van der Waals surface area contributed by atoms with Gasteiger partial charge in [0.15, 0.2) is 9.84 Å². The summed E-state index contributed by atoms with van der Waals surface area (Å²) >= 11 is 0. The van der Waals surface area contributed by atoms with Crippen LogP contribution in [0.1, 0.15) is 12.8 Å². The van der Waals surface area contributed by atoms with Gasteiger partial charge in [0.05, 0.1) is 12.0 Å². The second-order valence-corrected chi connectivity index (χ2v) is 4.92. The molecule has 0 unspecified atom stereocenters. The molecule has 3 nitrogen and oxygen atoms in total. The van der Waals surface area contributed by atoms with Gasteiger partial charge in [0.25, 0.3) is 0 Å². The summed E-state index contributed by atoms with van der Waals surface area (Å²) in [6, 6.07) is 0. The first-order valence-electron chi connectivity index (χ1n) is 3.84. The van der Waals surface area contributed by atoms with Crippen LogP contribution in [0.15, 0.2) is 0 Å². The summed E-state index contributed by atoms with van der Waals surface area (Å²) in [5.74, 6) is 0.591. The molecule has 1 aliphatic rings. The van der Waals surface area contributed by atoms with Crippen LogP contribution in [-0.2, 0) is 9.84 Å². The summed E-state index contributed by atoms with van der Waals surface area (Å²) in [6.45, 7) is 1.89. The minimum atomic E-state index is -3.00. The number of sulfone groups is 1. The average molecular weight is 176 g/mol. The molecule has 4 heteroatoms. The second-order valence-electron chi connectivity index (χ2n) is 3.10. The Kier molecular flexibility index (Phi) is 2.90. The molecule has 1 saturated heterocycles. The van der Waals surface area contributed by atoms with Gasteiger partial charge in [0, 0.05) is 0 Å². The zero-order valence-corrected chi connectivity index (χ0v) is 7.36. The van der Waals surface area contributed by atoms with E-state index in [0.717, 1.165) is 25.9 Å². The van der Waals surface area contributed by atoms with Crippen LogP contribution in [0, 0.1) is 12.2 Å². The third kappa shape index (κ3) is 3.72. The third-order valence-electron chi connectivity index (χ3n) is 1.95. The lowest BCUT2D eigenvalue weighted by molar-refractivity contribution is 0.402. The smallest absolute Gasteiger partial charge is 0.151 e. The van der Waals surface area contributed by atoms with Crippen molar-refractivity contribution in [1.82, 2.24) is 5.32 Å². The molecule has 1 rings (SSSR count). The van der Waals surface area contributed by atoms with Gasteiger partial charge in [0.2, 0.25) is 0 Å². The Morgan fingerprint density at radius 1 is 1.36 bits per heavy atom. The van der Waals surface area contributed by atoms with Gasteiger partial charge in [0.1, 0.15) is 0 Å². The molecular weight excluding hydrogens is 162 g/mol. The Balaban J connectivity index is 2.36. The lowest BCUT2D eigenvalue weighted by Gasteiger charge is -2.21. The Morgan fingerprint density at radius 3 is 2.36 bits per heavy atom. The monoisotopic (exact) mass is 176 g/mol. The van der Waals surface area contributed by atoms with Crippen LogP contribution in [0.4, 0.5) is 0 Å². The van der Waals surface area contributed by atoms with Crippen molar-refractivity contribution in [3.63, 3.8) is 0 Å². The van der Waals surface area contributed by atoms with Gasteiger partial charge < -0.3 is 5.32 Å². The zero-order chi connectivity index (χ0) is 8.32. The molecule has 0 aliphatic carbocycles. The highest BCUT2D eigenvalue weighted by atomic mass is 32.2. The van der Waals surface area contributed by atoms with Crippen molar-refractivity contribution in [3.05, 3.63) is 6.26 Å². The molecule has 65 valence electrons. The fourth-order valence-electron chi connectivity index (χ4n) is 1.41. The van der Waals surface area contributed by atoms with Crippen molar-refractivity contribution >= 4 is 9.84 Å². The van der Waals surface area contributed by atoms with Gasteiger partial charge in [-0.25, -0.2) is 8.42 Å². The topological polar surface area (TPSA) is 46.2 Å². The molecule has 1 aliphatic heterocycles. The summed E-state index contributed by atoms with van der Waals surface area (Å²) in [5.41, 5.74) is 0. The third-order valence-corrected chi connectivity index (χ3v) is 2.93. The maximum Gasteiger partial charge on any atom is 0.151 e. The molecule has 0 bridgehead atoms. The lowest BCUT2D eigenvalue weighted by atomic mass is 10.0. The zero-order valence-electron chi connectivity index (χ0n) is 6.54. The van der Waals surface area contributed by atoms with E-state index in [4.69, 9.17) is 0 Å². The van der Waals surface area contributed by atoms with Crippen molar-refractivity contribution < 1.29 is 8.42 Å². The lowest BCUT2D eigenvalue weighted by Crippen LogP contribution is -2.30. The van der Waals surface area contributed by atoms with Crippen molar-refractivity contribution in [2.24, 2.45) is 5.92 Å². The number of hydrogen-bond donors (Lipinski definition) is 1. The van der Waals surface area contributed by atoms with Crippen molar-refractivity contribution in [2.45, 2.75) is 12.8 Å². The van der Waals surface area contributed by atoms with Crippen LogP contribution < -0.4 is 5.32 Å². The molecule has 1 N–H and O–H groups in total. The van der Waals surface area contributed by atoms with E-state index in [1.807, 2.05) is 0 Å². The van der Waals surface area contributed by atoms with Gasteiger partial charge in [-0.2, -0.15) is 0 Å². The molecule has 1 radical (unpaired) electrons. The van der Waals surface area contributed by atoms with Gasteiger partial charge in [-0.3, -0.25) is 0 Å². The fourth-order valence-corrected chi connectivity index (χ4v) is 2.46. The minimum Gasteiger partial charge on any atom is -0.317 e. The minimum absolute atomic E-state index is 0.259. The summed E-state index contributed by atoms with van der Waals surface area (Å²) in [4.78, 5) is 0. The molecule has 1 fully saturated rings. The van der Waals surface area contributed by atoms with E-state index < -0.39 is 9.84 Å². The van der Waals surface area contributed by atoms with E-state index in [1.165, 1.54) is 0 Å². The first-order chi connectivity index (χ1) is 5.08. The molecular formula is C7H14NO2S. The van der Waals surface area contributed by atoms with E-state index in [-0.39, 0.29) is 5.75 Å². The van der Waals surface area contributed by atoms with Crippen LogP contribution in [0.3, 0.4) is 0 Å². The highest BCUT2D eigenvalue weighted by Crippen LogP contribution is 2.13. The SMILES string of the molecule is [CH2]S(=O)(=O)CC1CCNCC1. The first-order valence-corrected chi connectivity index (χ1v) is 5.66. The predicted molar refractivity (Wildman–Crippen MR) is 44.7 cm³/mol. The maximum absolute atomic E-state index is 10.8. The van der Waals surface area contributed by atoms with Crippen molar-refractivity contribution in [3.8, 4) is 0 Å². The molecule has 0 aromatic heterocycles. The van der Waals surface area contributed by atoms with E-state index in [9.17, 15) is 8.42 Å². The van der Waals surface area contributed by atoms with Crippen LogP contribution in [0.2, 0.25) is 0 Å². The highest BCUT2D eigenvalue weighted by Gasteiger charge is 2.17. The van der Waals surface area contributed by atoms with E-state index in [2.05, 4.69) is 11.6 Å². The van der Waals surface area contributed by atoms with Crippen LogP contribution >= 0.6 is 0 Å². The molecule has 0 aromatic carbocycles. The standard InChI is InChI=1S/C7H14NO2S/c1-11(9,10)6-7-2-4-8-5-3-7/h7-8H,1-6H2. The fraction of sp³-hybridized carbons (Fsp3) is 0.857. The van der Waals surface area contributed by atoms with Crippen molar-refractivity contribution in [1.29, 1.82) is 0 Å². The largest absolute Gasteiger partial charge is 0.317 e. The predicted octanol–water partition coefficient (Wildman–Crippen LogP) is 0.192. The number of rotatable bonds is 2. The summed E-state index contributed by atoms with van der Waals surface area (Å²) in [5, 5.41) is 3.19. The normalized spacial score (nSPS) is 21.9. The molecule has 0 amide bonds. The van der Waals surface area contributed by atoms with Crippen LogP contribution in [-0.4, -0.2) is 27.3 Å². The Hall–Kier alpha value is -0.0900. The molecule has 0 atom stereocenters. The first kappa shape index (κ1) is 9.00. The molecule has 11 heavy (non-hydrogen) atoms.